The number of nitrogens with two attached hydrogens (primary N) is 1. The molecule has 0 spiro atoms. The lowest BCUT2D eigenvalue weighted by atomic mass is 10.1. The summed E-state index contributed by atoms with van der Waals surface area (Å²) in [7, 11) is 0. The molecule has 1 unspecified atom stereocenters. The van der Waals surface area contributed by atoms with Crippen LogP contribution in [-0.2, 0) is 6.42 Å². The van der Waals surface area contributed by atoms with Crippen LogP contribution in [0.1, 0.15) is 19.1 Å². The highest BCUT2D eigenvalue weighted by Crippen LogP contribution is 2.24. The lowest BCUT2D eigenvalue weighted by molar-refractivity contribution is 0.495. The maximum absolute atomic E-state index is 5.81. The third-order valence-corrected chi connectivity index (χ3v) is 3.57. The summed E-state index contributed by atoms with van der Waals surface area (Å²) in [5.74, 6) is 1.02. The van der Waals surface area contributed by atoms with E-state index in [2.05, 4.69) is 17.2 Å². The van der Waals surface area contributed by atoms with Crippen molar-refractivity contribution in [2.75, 3.05) is 11.1 Å². The van der Waals surface area contributed by atoms with Gasteiger partial charge < -0.3 is 15.5 Å². The van der Waals surface area contributed by atoms with Crippen molar-refractivity contribution in [2.45, 2.75) is 25.8 Å². The third-order valence-electron chi connectivity index (χ3n) is 3.57. The largest absolute Gasteiger partial charge is 0.469 e. The van der Waals surface area contributed by atoms with E-state index in [0.717, 1.165) is 40.9 Å². The number of hydrogen-bond acceptors (Lipinski definition) is 4. The van der Waals surface area contributed by atoms with Crippen molar-refractivity contribution in [3.05, 3.63) is 54.6 Å². The molecule has 0 aliphatic carbocycles. The minimum Gasteiger partial charge on any atom is -0.469 e. The van der Waals surface area contributed by atoms with Crippen molar-refractivity contribution in [1.29, 1.82) is 0 Å². The molecule has 3 aromatic rings. The fourth-order valence-electron chi connectivity index (χ4n) is 2.44. The van der Waals surface area contributed by atoms with Crippen molar-refractivity contribution in [1.82, 2.24) is 4.98 Å². The molecular formula is C17H19N3O. The first-order valence-electron chi connectivity index (χ1n) is 7.15. The topological polar surface area (TPSA) is 64.1 Å². The molecule has 2 aromatic heterocycles. The van der Waals surface area contributed by atoms with Crippen LogP contribution in [0.5, 0.6) is 0 Å². The van der Waals surface area contributed by atoms with Gasteiger partial charge in [-0.15, -0.1) is 0 Å². The number of nitrogens with zero attached hydrogens (tertiary/aromatic N) is 1. The Labute approximate surface area is 124 Å². The van der Waals surface area contributed by atoms with Gasteiger partial charge in [-0.3, -0.25) is 4.98 Å². The standard InChI is InChI=1S/C17H19N3O/c1-12(4-6-14-3-2-10-21-14)20-16-8-9-19-17-11-13(18)5-7-15(16)17/h2-3,5,7-12H,4,6,18H2,1H3,(H,19,20). The van der Waals surface area contributed by atoms with E-state index in [1.165, 1.54) is 0 Å². The Morgan fingerprint density at radius 3 is 3.00 bits per heavy atom. The SMILES string of the molecule is CC(CCc1ccco1)Nc1ccnc2cc(N)ccc12. The monoisotopic (exact) mass is 281 g/mol. The van der Waals surface area contributed by atoms with Crippen LogP contribution in [-0.4, -0.2) is 11.0 Å². The van der Waals surface area contributed by atoms with E-state index in [0.29, 0.717) is 6.04 Å². The van der Waals surface area contributed by atoms with Crippen LogP contribution in [0.15, 0.2) is 53.3 Å². The zero-order chi connectivity index (χ0) is 14.7. The fourth-order valence-corrected chi connectivity index (χ4v) is 2.44. The summed E-state index contributed by atoms with van der Waals surface area (Å²) in [6, 6.07) is 12.1. The van der Waals surface area contributed by atoms with Gasteiger partial charge >= 0.3 is 0 Å². The molecule has 0 aliphatic rings. The van der Waals surface area contributed by atoms with E-state index in [4.69, 9.17) is 10.2 Å². The molecule has 108 valence electrons. The Balaban J connectivity index is 1.72. The number of nitrogen functional groups attached to an aromatic ring is 1. The van der Waals surface area contributed by atoms with Gasteiger partial charge in [0.15, 0.2) is 0 Å². The molecular weight excluding hydrogens is 262 g/mol. The van der Waals surface area contributed by atoms with Crippen molar-refractivity contribution >= 4 is 22.3 Å². The average molecular weight is 281 g/mol. The van der Waals surface area contributed by atoms with E-state index in [1.807, 2.05) is 42.6 Å². The van der Waals surface area contributed by atoms with Gasteiger partial charge in [0.25, 0.3) is 0 Å². The van der Waals surface area contributed by atoms with Gasteiger partial charge in [-0.25, -0.2) is 0 Å². The predicted octanol–water partition coefficient (Wildman–Crippen LogP) is 3.84. The highest BCUT2D eigenvalue weighted by atomic mass is 16.3. The Kier molecular flexibility index (Phi) is 3.77. The second-order valence-corrected chi connectivity index (χ2v) is 5.30. The third kappa shape index (κ3) is 3.16. The average Bonchev–Trinajstić information content (AvgIpc) is 2.98. The minimum absolute atomic E-state index is 0.346. The smallest absolute Gasteiger partial charge is 0.103 e. The van der Waals surface area contributed by atoms with Crippen LogP contribution in [0.25, 0.3) is 10.9 Å². The van der Waals surface area contributed by atoms with Gasteiger partial charge in [0.2, 0.25) is 0 Å². The molecule has 0 saturated heterocycles. The molecule has 3 rings (SSSR count). The number of nitrogens with one attached hydrogen (secondary N) is 1. The van der Waals surface area contributed by atoms with Gasteiger partial charge in [-0.2, -0.15) is 0 Å². The van der Waals surface area contributed by atoms with Crippen molar-refractivity contribution in [3.8, 4) is 0 Å². The molecule has 2 heterocycles. The fraction of sp³-hybridized carbons (Fsp3) is 0.235. The minimum atomic E-state index is 0.346. The highest BCUT2D eigenvalue weighted by molar-refractivity contribution is 5.92. The Morgan fingerprint density at radius 1 is 1.29 bits per heavy atom. The molecule has 4 heteroatoms. The van der Waals surface area contributed by atoms with Crippen LogP contribution in [0.2, 0.25) is 0 Å². The summed E-state index contributed by atoms with van der Waals surface area (Å²) in [6.07, 6.45) is 5.46. The number of furan rings is 1. The Morgan fingerprint density at radius 2 is 2.19 bits per heavy atom. The normalized spacial score (nSPS) is 12.4. The molecule has 4 nitrogen and oxygen atoms in total. The van der Waals surface area contributed by atoms with Crippen LogP contribution < -0.4 is 11.1 Å². The summed E-state index contributed by atoms with van der Waals surface area (Å²) in [4.78, 5) is 4.36. The molecule has 1 aromatic carbocycles. The second-order valence-electron chi connectivity index (χ2n) is 5.30. The molecule has 0 aliphatic heterocycles. The molecule has 0 radical (unpaired) electrons. The lowest BCUT2D eigenvalue weighted by Crippen LogP contribution is -2.16. The number of anilines is 2. The second kappa shape index (κ2) is 5.87. The van der Waals surface area contributed by atoms with Crippen LogP contribution in [0.3, 0.4) is 0 Å². The summed E-state index contributed by atoms with van der Waals surface area (Å²) in [6.45, 7) is 2.17. The summed E-state index contributed by atoms with van der Waals surface area (Å²) in [5.41, 5.74) is 8.55. The Hall–Kier alpha value is -2.49. The lowest BCUT2D eigenvalue weighted by Gasteiger charge is -2.16. The van der Waals surface area contributed by atoms with Crippen molar-refractivity contribution < 1.29 is 4.42 Å². The van der Waals surface area contributed by atoms with Gasteiger partial charge in [0, 0.05) is 35.4 Å². The van der Waals surface area contributed by atoms with Gasteiger partial charge in [-0.05, 0) is 49.7 Å². The van der Waals surface area contributed by atoms with Crippen LogP contribution in [0.4, 0.5) is 11.4 Å². The summed E-state index contributed by atoms with van der Waals surface area (Å²) < 4.78 is 5.37. The summed E-state index contributed by atoms with van der Waals surface area (Å²) in [5, 5.41) is 4.64. The van der Waals surface area contributed by atoms with E-state index < -0.39 is 0 Å². The molecule has 0 fully saturated rings. The van der Waals surface area contributed by atoms with Gasteiger partial charge in [0.05, 0.1) is 11.8 Å². The number of pyridine rings is 1. The van der Waals surface area contributed by atoms with Gasteiger partial charge in [-0.1, -0.05) is 0 Å². The number of fused-ring (bicyclic) bond motifs is 1. The zero-order valence-electron chi connectivity index (χ0n) is 12.0. The molecule has 21 heavy (non-hydrogen) atoms. The van der Waals surface area contributed by atoms with Crippen LogP contribution >= 0.6 is 0 Å². The Bertz CT molecular complexity index is 722. The number of aromatic nitrogens is 1. The molecule has 3 N–H and O–H groups in total. The quantitative estimate of drug-likeness (QED) is 0.697. The molecule has 1 atom stereocenters. The number of aryl methyl sites for hydroxylation is 1. The van der Waals surface area contributed by atoms with Crippen molar-refractivity contribution in [3.63, 3.8) is 0 Å². The highest BCUT2D eigenvalue weighted by Gasteiger charge is 2.07. The number of rotatable bonds is 5. The number of benzene rings is 1. The van der Waals surface area contributed by atoms with E-state index in [-0.39, 0.29) is 0 Å². The van der Waals surface area contributed by atoms with E-state index in [9.17, 15) is 0 Å². The first kappa shape index (κ1) is 13.5. The van der Waals surface area contributed by atoms with Gasteiger partial charge in [0.1, 0.15) is 5.76 Å². The van der Waals surface area contributed by atoms with E-state index in [1.54, 1.807) is 6.26 Å². The summed E-state index contributed by atoms with van der Waals surface area (Å²) >= 11 is 0. The maximum Gasteiger partial charge on any atom is 0.103 e. The first-order valence-corrected chi connectivity index (χ1v) is 7.15. The molecule has 0 amide bonds. The zero-order valence-corrected chi connectivity index (χ0v) is 12.0. The van der Waals surface area contributed by atoms with Crippen LogP contribution in [0, 0.1) is 0 Å². The van der Waals surface area contributed by atoms with E-state index >= 15 is 0 Å². The van der Waals surface area contributed by atoms with Crippen molar-refractivity contribution in [2.24, 2.45) is 0 Å². The number of hydrogen-bond donors (Lipinski definition) is 2. The predicted molar refractivity (Wildman–Crippen MR) is 86.3 cm³/mol. The molecule has 0 saturated carbocycles. The maximum atomic E-state index is 5.81. The molecule has 0 bridgehead atoms. The first-order chi connectivity index (χ1) is 10.2.